The van der Waals surface area contributed by atoms with Gasteiger partial charge in [-0.3, -0.25) is 9.13 Å². The van der Waals surface area contributed by atoms with Crippen molar-refractivity contribution in [3.63, 3.8) is 0 Å². The van der Waals surface area contributed by atoms with Gasteiger partial charge in [-0.1, -0.05) is 18.7 Å². The van der Waals surface area contributed by atoms with E-state index in [1.165, 1.54) is 29.6 Å². The summed E-state index contributed by atoms with van der Waals surface area (Å²) in [7, 11) is -5.01. The highest BCUT2D eigenvalue weighted by Crippen LogP contribution is 2.43. The Morgan fingerprint density at radius 3 is 2.69 bits per heavy atom. The molecule has 0 aliphatic carbocycles. The highest BCUT2D eigenvalue weighted by atomic mass is 32.2. The van der Waals surface area contributed by atoms with Gasteiger partial charge in [0.1, 0.15) is 23.8 Å². The standard InChI is InChI=1S/C16H24N5O9PS/c1-3-28-14(24)15(31(25,26)27)29-5-7-9(22)10(23)13(30-7)21-6-18-8-11(17)19-16(32-4-2)20-12(8)21/h6-7,9-10,13,15,22-23H,3-5H2,1-2H3,(H2,17,19,20)(H2,25,26,27)/t7-,9-,10-,13-,15-/m1/s1. The van der Waals surface area contributed by atoms with E-state index in [1.54, 1.807) is 0 Å². The van der Waals surface area contributed by atoms with Gasteiger partial charge in [0.25, 0.3) is 5.85 Å². The quantitative estimate of drug-likeness (QED) is 0.126. The molecule has 1 fully saturated rings. The van der Waals surface area contributed by atoms with Crippen LogP contribution in [0.25, 0.3) is 11.2 Å². The number of aliphatic hydroxyl groups excluding tert-OH is 2. The van der Waals surface area contributed by atoms with Gasteiger partial charge in [0.2, 0.25) is 0 Å². The van der Waals surface area contributed by atoms with Crippen LogP contribution in [-0.2, 0) is 23.6 Å². The molecule has 178 valence electrons. The normalized spacial score (nSPS) is 24.7. The molecule has 6 N–H and O–H groups in total. The van der Waals surface area contributed by atoms with Crippen molar-refractivity contribution in [2.24, 2.45) is 0 Å². The summed E-state index contributed by atoms with van der Waals surface area (Å²) < 4.78 is 28.3. The Labute approximate surface area is 186 Å². The summed E-state index contributed by atoms with van der Waals surface area (Å²) >= 11 is 1.35. The third-order valence-electron chi connectivity index (χ3n) is 4.52. The van der Waals surface area contributed by atoms with Crippen molar-refractivity contribution >= 4 is 42.3 Å². The van der Waals surface area contributed by atoms with Gasteiger partial charge in [-0.05, 0) is 12.7 Å². The number of hydrogen-bond acceptors (Lipinski definition) is 12. The van der Waals surface area contributed by atoms with Crippen LogP contribution in [-0.4, -0.2) is 88.6 Å². The molecule has 2 aromatic heterocycles. The number of rotatable bonds is 9. The van der Waals surface area contributed by atoms with E-state index in [0.717, 1.165) is 0 Å². The summed E-state index contributed by atoms with van der Waals surface area (Å²) in [4.78, 5) is 43.2. The Morgan fingerprint density at radius 1 is 1.34 bits per heavy atom. The molecule has 3 rings (SSSR count). The van der Waals surface area contributed by atoms with Crippen molar-refractivity contribution in [1.29, 1.82) is 0 Å². The predicted molar refractivity (Wildman–Crippen MR) is 110 cm³/mol. The van der Waals surface area contributed by atoms with Crippen molar-refractivity contribution in [3.05, 3.63) is 6.33 Å². The lowest BCUT2D eigenvalue weighted by atomic mass is 10.1. The Balaban J connectivity index is 1.81. The number of aliphatic hydroxyl groups is 2. The first kappa shape index (κ1) is 24.8. The van der Waals surface area contributed by atoms with Crippen LogP contribution in [0.15, 0.2) is 11.5 Å². The molecule has 16 heteroatoms. The second kappa shape index (κ2) is 9.97. The number of carbonyl (C=O) groups is 1. The number of nitrogens with zero attached hydrogens (tertiary/aromatic N) is 4. The van der Waals surface area contributed by atoms with Crippen LogP contribution in [0, 0.1) is 0 Å². The van der Waals surface area contributed by atoms with Crippen LogP contribution in [0.3, 0.4) is 0 Å². The first-order chi connectivity index (χ1) is 15.1. The van der Waals surface area contributed by atoms with Crippen molar-refractivity contribution < 1.29 is 43.6 Å². The number of carbonyl (C=O) groups excluding carboxylic acids is 1. The summed E-state index contributed by atoms with van der Waals surface area (Å²) in [6, 6.07) is 0. The second-order valence-corrected chi connectivity index (χ2v) is 9.60. The molecule has 14 nitrogen and oxygen atoms in total. The number of nitrogen functional groups attached to an aromatic ring is 1. The number of fused-ring (bicyclic) bond motifs is 1. The minimum Gasteiger partial charge on any atom is -0.464 e. The van der Waals surface area contributed by atoms with Gasteiger partial charge >= 0.3 is 13.6 Å². The van der Waals surface area contributed by atoms with Gasteiger partial charge < -0.3 is 39.9 Å². The van der Waals surface area contributed by atoms with E-state index in [-0.39, 0.29) is 23.6 Å². The molecule has 0 aromatic carbocycles. The van der Waals surface area contributed by atoms with Gasteiger partial charge in [-0.25, -0.2) is 19.7 Å². The molecular weight excluding hydrogens is 469 g/mol. The predicted octanol–water partition coefficient (Wildman–Crippen LogP) is -0.777. The van der Waals surface area contributed by atoms with Gasteiger partial charge in [0.15, 0.2) is 22.8 Å². The Kier molecular flexibility index (Phi) is 7.73. The van der Waals surface area contributed by atoms with Gasteiger partial charge in [-0.15, -0.1) is 0 Å². The third-order valence-corrected chi connectivity index (χ3v) is 6.23. The summed E-state index contributed by atoms with van der Waals surface area (Å²) in [5, 5.41) is 21.3. The molecule has 2 aromatic rings. The minimum atomic E-state index is -5.01. The molecule has 0 radical (unpaired) electrons. The number of aromatic nitrogens is 4. The van der Waals surface area contributed by atoms with Gasteiger partial charge in [0, 0.05) is 0 Å². The maximum atomic E-state index is 11.8. The van der Waals surface area contributed by atoms with E-state index >= 15 is 0 Å². The maximum absolute atomic E-state index is 11.8. The summed E-state index contributed by atoms with van der Waals surface area (Å²) in [6.07, 6.45) is -4.03. The number of hydrogen-bond donors (Lipinski definition) is 5. The highest BCUT2D eigenvalue weighted by molar-refractivity contribution is 7.99. The number of esters is 1. The molecule has 0 unspecified atom stereocenters. The smallest absolute Gasteiger partial charge is 0.365 e. The first-order valence-corrected chi connectivity index (χ1v) is 12.2. The molecule has 5 atom stereocenters. The number of anilines is 1. The fourth-order valence-electron chi connectivity index (χ4n) is 3.10. The fourth-order valence-corrected chi connectivity index (χ4v) is 4.30. The van der Waals surface area contributed by atoms with E-state index in [9.17, 15) is 29.4 Å². The molecule has 0 bridgehead atoms. The monoisotopic (exact) mass is 493 g/mol. The Bertz CT molecular complexity index is 1020. The average molecular weight is 493 g/mol. The number of ether oxygens (including phenoxy) is 3. The molecule has 1 saturated heterocycles. The fraction of sp³-hybridized carbons (Fsp3) is 0.625. The number of nitrogens with two attached hydrogens (primary N) is 1. The third kappa shape index (κ3) is 5.05. The zero-order valence-corrected chi connectivity index (χ0v) is 18.8. The summed E-state index contributed by atoms with van der Waals surface area (Å²) in [5.41, 5.74) is 6.48. The van der Waals surface area contributed by atoms with Crippen molar-refractivity contribution in [3.8, 4) is 0 Å². The molecule has 1 aliphatic heterocycles. The van der Waals surface area contributed by atoms with E-state index in [2.05, 4.69) is 19.7 Å². The zero-order chi connectivity index (χ0) is 23.6. The molecule has 0 saturated carbocycles. The van der Waals surface area contributed by atoms with Crippen LogP contribution in [0.5, 0.6) is 0 Å². The van der Waals surface area contributed by atoms with Crippen LogP contribution in [0.4, 0.5) is 5.82 Å². The van der Waals surface area contributed by atoms with Gasteiger partial charge in [0.05, 0.1) is 19.5 Å². The van der Waals surface area contributed by atoms with Crippen molar-refractivity contribution in [1.82, 2.24) is 19.5 Å². The SMILES string of the molecule is CCOC(=O)[C@H](OC[C@H]1O[C@@H](n2cnc3c(N)nc(SCC)nc32)[C@H](O)[C@@H]1O)P(=O)(O)O. The van der Waals surface area contributed by atoms with E-state index in [4.69, 9.17) is 15.2 Å². The van der Waals surface area contributed by atoms with Crippen molar-refractivity contribution in [2.75, 3.05) is 24.7 Å². The summed E-state index contributed by atoms with van der Waals surface area (Å²) in [6.45, 7) is 2.66. The van der Waals surface area contributed by atoms with Crippen molar-refractivity contribution in [2.45, 2.75) is 49.4 Å². The number of thioether (sulfide) groups is 1. The van der Waals surface area contributed by atoms with E-state index in [0.29, 0.717) is 10.9 Å². The molecule has 3 heterocycles. The van der Waals surface area contributed by atoms with Crippen LogP contribution in [0.2, 0.25) is 0 Å². The van der Waals surface area contributed by atoms with E-state index in [1.807, 2.05) is 6.92 Å². The second-order valence-electron chi connectivity index (χ2n) is 6.72. The van der Waals surface area contributed by atoms with Crippen LogP contribution >= 0.6 is 19.4 Å². The molecule has 32 heavy (non-hydrogen) atoms. The minimum absolute atomic E-state index is 0.112. The summed E-state index contributed by atoms with van der Waals surface area (Å²) in [5.74, 6) is -2.61. The number of imidazole rings is 1. The lowest BCUT2D eigenvalue weighted by Crippen LogP contribution is -2.36. The van der Waals surface area contributed by atoms with Crippen LogP contribution < -0.4 is 5.73 Å². The maximum Gasteiger partial charge on any atom is 0.365 e. The molecule has 0 amide bonds. The first-order valence-electron chi connectivity index (χ1n) is 9.56. The van der Waals surface area contributed by atoms with E-state index < -0.39 is 50.6 Å². The topological polar surface area (TPSA) is 212 Å². The largest absolute Gasteiger partial charge is 0.464 e. The Morgan fingerprint density at radius 2 is 2.06 bits per heavy atom. The average Bonchev–Trinajstić information content (AvgIpc) is 3.24. The lowest BCUT2D eigenvalue weighted by molar-refractivity contribution is -0.155. The Hall–Kier alpha value is -1.84. The van der Waals surface area contributed by atoms with Gasteiger partial charge in [-0.2, -0.15) is 0 Å². The molecular formula is C16H24N5O9PS. The molecule has 0 spiro atoms. The lowest BCUT2D eigenvalue weighted by Gasteiger charge is -2.20. The molecule has 1 aliphatic rings. The zero-order valence-electron chi connectivity index (χ0n) is 17.1. The van der Waals surface area contributed by atoms with Crippen LogP contribution in [0.1, 0.15) is 20.1 Å². The highest BCUT2D eigenvalue weighted by Gasteiger charge is 2.46.